The van der Waals surface area contributed by atoms with Crippen molar-refractivity contribution in [2.24, 2.45) is 0 Å². The van der Waals surface area contributed by atoms with Crippen LogP contribution in [0.5, 0.6) is 0 Å². The molecular formula is C6H9BrO. The molecule has 0 aliphatic heterocycles. The van der Waals surface area contributed by atoms with E-state index in [-0.39, 0.29) is 5.78 Å². The Balaban J connectivity index is 3.83. The quantitative estimate of drug-likeness (QED) is 0.591. The Morgan fingerprint density at radius 3 is 2.38 bits per heavy atom. The Morgan fingerprint density at radius 1 is 1.75 bits per heavy atom. The lowest BCUT2D eigenvalue weighted by Gasteiger charge is -1.88. The lowest BCUT2D eigenvalue weighted by atomic mass is 10.3. The van der Waals surface area contributed by atoms with Crippen molar-refractivity contribution in [2.75, 3.05) is 0 Å². The third-order valence-electron chi connectivity index (χ3n) is 0.841. The van der Waals surface area contributed by atoms with Gasteiger partial charge in [0.1, 0.15) is 0 Å². The van der Waals surface area contributed by atoms with Gasteiger partial charge in [-0.2, -0.15) is 0 Å². The zero-order chi connectivity index (χ0) is 6.57. The molecule has 0 aliphatic carbocycles. The van der Waals surface area contributed by atoms with Crippen molar-refractivity contribution in [1.29, 1.82) is 0 Å². The highest BCUT2D eigenvalue weighted by Crippen LogP contribution is 2.06. The molecule has 0 atom stereocenters. The summed E-state index contributed by atoms with van der Waals surface area (Å²) in [6.07, 6.45) is 2.33. The third kappa shape index (κ3) is 2.26. The van der Waals surface area contributed by atoms with Crippen molar-refractivity contribution >= 4 is 21.7 Å². The van der Waals surface area contributed by atoms with E-state index in [2.05, 4.69) is 15.9 Å². The van der Waals surface area contributed by atoms with Crippen molar-refractivity contribution in [1.82, 2.24) is 0 Å². The predicted octanol–water partition coefficient (Wildman–Crippen LogP) is 2.26. The molecule has 0 heterocycles. The molecule has 0 aromatic heterocycles. The summed E-state index contributed by atoms with van der Waals surface area (Å²) in [5, 5.41) is 0. The molecular weight excluding hydrogens is 168 g/mol. The van der Waals surface area contributed by atoms with Gasteiger partial charge in [-0.1, -0.05) is 13.0 Å². The van der Waals surface area contributed by atoms with Crippen molar-refractivity contribution in [3.05, 3.63) is 10.6 Å². The van der Waals surface area contributed by atoms with Crippen LogP contribution < -0.4 is 0 Å². The SMILES string of the molecule is CC=C(Br)C(=O)CC. The minimum absolute atomic E-state index is 0.160. The average molecular weight is 177 g/mol. The third-order valence-corrected chi connectivity index (χ3v) is 1.74. The summed E-state index contributed by atoms with van der Waals surface area (Å²) in [6, 6.07) is 0. The van der Waals surface area contributed by atoms with Crippen molar-refractivity contribution in [3.8, 4) is 0 Å². The summed E-state index contributed by atoms with van der Waals surface area (Å²) in [6.45, 7) is 3.67. The van der Waals surface area contributed by atoms with Crippen LogP contribution in [0.25, 0.3) is 0 Å². The van der Waals surface area contributed by atoms with E-state index in [4.69, 9.17) is 0 Å². The van der Waals surface area contributed by atoms with Crippen LogP contribution in [0.2, 0.25) is 0 Å². The van der Waals surface area contributed by atoms with Gasteiger partial charge in [-0.25, -0.2) is 0 Å². The van der Waals surface area contributed by atoms with Gasteiger partial charge in [-0.05, 0) is 22.9 Å². The van der Waals surface area contributed by atoms with Gasteiger partial charge in [0.25, 0.3) is 0 Å². The van der Waals surface area contributed by atoms with Crippen molar-refractivity contribution < 1.29 is 4.79 Å². The number of ketones is 1. The van der Waals surface area contributed by atoms with E-state index >= 15 is 0 Å². The Kier molecular flexibility index (Phi) is 3.79. The number of Topliss-reactive ketones (excluding diaryl/α,β-unsaturated/α-hetero) is 1. The number of hydrogen-bond acceptors (Lipinski definition) is 1. The van der Waals surface area contributed by atoms with E-state index in [1.54, 1.807) is 6.08 Å². The average Bonchev–Trinajstić information content (AvgIpc) is 1.84. The van der Waals surface area contributed by atoms with Crippen LogP contribution in [-0.2, 0) is 4.79 Å². The second-order valence-corrected chi connectivity index (χ2v) is 2.27. The molecule has 0 N–H and O–H groups in total. The fourth-order valence-electron chi connectivity index (χ4n) is 0.330. The number of carbonyl (C=O) groups is 1. The molecule has 0 saturated heterocycles. The van der Waals surface area contributed by atoms with Gasteiger partial charge in [0.05, 0.1) is 4.48 Å². The first-order valence-electron chi connectivity index (χ1n) is 2.57. The van der Waals surface area contributed by atoms with Crippen LogP contribution >= 0.6 is 15.9 Å². The molecule has 0 radical (unpaired) electrons. The van der Waals surface area contributed by atoms with Gasteiger partial charge < -0.3 is 0 Å². The van der Waals surface area contributed by atoms with E-state index in [1.807, 2.05) is 13.8 Å². The standard InChI is InChI=1S/C6H9BrO/c1-3-5(7)6(8)4-2/h3H,4H2,1-2H3. The van der Waals surface area contributed by atoms with E-state index in [0.29, 0.717) is 10.9 Å². The second-order valence-electron chi connectivity index (χ2n) is 1.41. The minimum Gasteiger partial charge on any atom is -0.294 e. The first kappa shape index (κ1) is 7.89. The molecule has 0 saturated carbocycles. The summed E-state index contributed by atoms with van der Waals surface area (Å²) in [7, 11) is 0. The predicted molar refractivity (Wildman–Crippen MR) is 38.0 cm³/mol. The molecule has 0 rings (SSSR count). The monoisotopic (exact) mass is 176 g/mol. The summed E-state index contributed by atoms with van der Waals surface area (Å²) in [4.78, 5) is 10.6. The van der Waals surface area contributed by atoms with Gasteiger partial charge in [0.2, 0.25) is 0 Å². The van der Waals surface area contributed by atoms with Gasteiger partial charge >= 0.3 is 0 Å². The summed E-state index contributed by atoms with van der Waals surface area (Å²) in [5.74, 6) is 0.160. The number of hydrogen-bond donors (Lipinski definition) is 0. The highest BCUT2D eigenvalue weighted by atomic mass is 79.9. The smallest absolute Gasteiger partial charge is 0.169 e. The molecule has 8 heavy (non-hydrogen) atoms. The molecule has 0 fully saturated rings. The zero-order valence-corrected chi connectivity index (χ0v) is 6.66. The molecule has 0 unspecified atom stereocenters. The Bertz CT molecular complexity index is 116. The molecule has 2 heteroatoms. The van der Waals surface area contributed by atoms with Gasteiger partial charge in [-0.15, -0.1) is 0 Å². The van der Waals surface area contributed by atoms with Crippen LogP contribution in [0, 0.1) is 0 Å². The van der Waals surface area contributed by atoms with Crippen LogP contribution in [-0.4, -0.2) is 5.78 Å². The first-order chi connectivity index (χ1) is 3.72. The summed E-state index contributed by atoms with van der Waals surface area (Å²) < 4.78 is 0.681. The number of carbonyl (C=O) groups excluding carboxylic acids is 1. The topological polar surface area (TPSA) is 17.1 Å². The molecule has 0 aromatic carbocycles. The zero-order valence-electron chi connectivity index (χ0n) is 5.07. The summed E-state index contributed by atoms with van der Waals surface area (Å²) in [5.41, 5.74) is 0. The van der Waals surface area contributed by atoms with Crippen molar-refractivity contribution in [2.45, 2.75) is 20.3 Å². The molecule has 0 aromatic rings. The lowest BCUT2D eigenvalue weighted by molar-refractivity contribution is -0.114. The van der Waals surface area contributed by atoms with Gasteiger partial charge in [0, 0.05) is 6.42 Å². The largest absolute Gasteiger partial charge is 0.294 e. The highest BCUT2D eigenvalue weighted by Gasteiger charge is 1.98. The fraction of sp³-hybridized carbons (Fsp3) is 0.500. The molecule has 0 bridgehead atoms. The highest BCUT2D eigenvalue weighted by molar-refractivity contribution is 9.12. The van der Waals surface area contributed by atoms with Crippen molar-refractivity contribution in [3.63, 3.8) is 0 Å². The molecule has 0 aliphatic rings. The maximum atomic E-state index is 10.6. The fourth-order valence-corrected chi connectivity index (χ4v) is 0.610. The first-order valence-corrected chi connectivity index (χ1v) is 3.36. The Labute approximate surface area is 57.9 Å². The van der Waals surface area contributed by atoms with Crippen LogP contribution in [0.1, 0.15) is 20.3 Å². The van der Waals surface area contributed by atoms with Gasteiger partial charge in [-0.3, -0.25) is 4.79 Å². The second kappa shape index (κ2) is 3.84. The Hall–Kier alpha value is -0.110. The number of allylic oxidation sites excluding steroid dienone is 2. The van der Waals surface area contributed by atoms with Crippen LogP contribution in [0.15, 0.2) is 10.6 Å². The van der Waals surface area contributed by atoms with E-state index in [1.165, 1.54) is 0 Å². The number of halogens is 1. The van der Waals surface area contributed by atoms with Gasteiger partial charge in [0.15, 0.2) is 5.78 Å². The number of rotatable bonds is 2. The molecule has 0 amide bonds. The maximum absolute atomic E-state index is 10.6. The van der Waals surface area contributed by atoms with E-state index < -0.39 is 0 Å². The summed E-state index contributed by atoms with van der Waals surface area (Å²) >= 11 is 3.11. The minimum atomic E-state index is 0.160. The van der Waals surface area contributed by atoms with E-state index in [0.717, 1.165) is 0 Å². The lowest BCUT2D eigenvalue weighted by Crippen LogP contribution is -1.91. The molecule has 46 valence electrons. The maximum Gasteiger partial charge on any atom is 0.169 e. The van der Waals surface area contributed by atoms with Crippen LogP contribution in [0.3, 0.4) is 0 Å². The van der Waals surface area contributed by atoms with E-state index in [9.17, 15) is 4.79 Å². The van der Waals surface area contributed by atoms with Crippen LogP contribution in [0.4, 0.5) is 0 Å². The normalized spacial score (nSPS) is 11.6. The molecule has 1 nitrogen and oxygen atoms in total. The molecule has 0 spiro atoms. The Morgan fingerprint density at radius 2 is 2.25 bits per heavy atom.